The lowest BCUT2D eigenvalue weighted by Gasteiger charge is -2.29. The van der Waals surface area contributed by atoms with Crippen LogP contribution in [0.3, 0.4) is 0 Å². The summed E-state index contributed by atoms with van der Waals surface area (Å²) >= 11 is 0. The van der Waals surface area contributed by atoms with Crippen molar-refractivity contribution in [3.05, 3.63) is 59.5 Å². The highest BCUT2D eigenvalue weighted by molar-refractivity contribution is 5.44. The molecule has 4 heteroatoms. The number of nitrogens with zero attached hydrogens (tertiary/aromatic N) is 3. The molecule has 0 N–H and O–H groups in total. The molecule has 0 radical (unpaired) electrons. The Morgan fingerprint density at radius 2 is 1.95 bits per heavy atom. The molecular weight excluding hydrogens is 265 g/mol. The van der Waals surface area contributed by atoms with Crippen molar-refractivity contribution in [2.75, 3.05) is 11.9 Å². The van der Waals surface area contributed by atoms with E-state index in [4.69, 9.17) is 5.26 Å². The van der Waals surface area contributed by atoms with Crippen LogP contribution in [0.4, 0.5) is 10.2 Å². The maximum Gasteiger partial charge on any atom is 0.142 e. The minimum atomic E-state index is -0.222. The molecule has 0 amide bonds. The molecule has 3 rings (SSSR count). The van der Waals surface area contributed by atoms with Gasteiger partial charge in [0.1, 0.15) is 23.4 Å². The van der Waals surface area contributed by atoms with E-state index < -0.39 is 0 Å². The third kappa shape index (κ3) is 2.87. The van der Waals surface area contributed by atoms with Crippen LogP contribution in [0.2, 0.25) is 0 Å². The third-order valence-electron chi connectivity index (χ3n) is 3.91. The van der Waals surface area contributed by atoms with Crippen LogP contribution >= 0.6 is 0 Å². The quantitative estimate of drug-likeness (QED) is 0.858. The maximum atomic E-state index is 13.1. The lowest BCUT2D eigenvalue weighted by Crippen LogP contribution is -2.26. The van der Waals surface area contributed by atoms with Gasteiger partial charge in [0, 0.05) is 7.05 Å². The molecule has 3 nitrogen and oxygen atoms in total. The van der Waals surface area contributed by atoms with Gasteiger partial charge in [-0.15, -0.1) is 0 Å². The lowest BCUT2D eigenvalue weighted by molar-refractivity contribution is 0.582. The predicted molar refractivity (Wildman–Crippen MR) is 79.2 cm³/mol. The van der Waals surface area contributed by atoms with E-state index in [1.54, 1.807) is 6.07 Å². The van der Waals surface area contributed by atoms with Gasteiger partial charge in [-0.3, -0.25) is 0 Å². The van der Waals surface area contributed by atoms with E-state index in [0.29, 0.717) is 11.6 Å². The Bertz CT molecular complexity index is 671. The third-order valence-corrected chi connectivity index (χ3v) is 3.91. The molecule has 0 saturated heterocycles. The Morgan fingerprint density at radius 1 is 1.24 bits per heavy atom. The van der Waals surface area contributed by atoms with Crippen molar-refractivity contribution in [1.82, 2.24) is 4.98 Å². The van der Waals surface area contributed by atoms with E-state index in [1.165, 1.54) is 25.0 Å². The zero-order chi connectivity index (χ0) is 14.8. The molecule has 0 aliphatic heterocycles. The van der Waals surface area contributed by atoms with Crippen molar-refractivity contribution in [2.24, 2.45) is 5.92 Å². The van der Waals surface area contributed by atoms with Crippen LogP contribution in [0, 0.1) is 23.1 Å². The summed E-state index contributed by atoms with van der Waals surface area (Å²) in [6, 6.07) is 14.3. The van der Waals surface area contributed by atoms with Crippen LogP contribution in [-0.2, 0) is 0 Å². The summed E-state index contributed by atoms with van der Waals surface area (Å²) < 4.78 is 13.1. The lowest BCUT2D eigenvalue weighted by atomic mass is 10.0. The minimum absolute atomic E-state index is 0.173. The Hall–Kier alpha value is -2.41. The van der Waals surface area contributed by atoms with E-state index in [0.717, 1.165) is 11.4 Å². The van der Waals surface area contributed by atoms with Crippen LogP contribution in [-0.4, -0.2) is 12.0 Å². The minimum Gasteiger partial charge on any atom is -0.352 e. The molecule has 0 spiro atoms. The van der Waals surface area contributed by atoms with Crippen molar-refractivity contribution in [2.45, 2.75) is 18.9 Å². The molecule has 1 aromatic heterocycles. The summed E-state index contributed by atoms with van der Waals surface area (Å²) in [5.74, 6) is 1.11. The van der Waals surface area contributed by atoms with Gasteiger partial charge in [0.25, 0.3) is 0 Å². The van der Waals surface area contributed by atoms with Gasteiger partial charge in [-0.1, -0.05) is 18.2 Å². The second kappa shape index (κ2) is 5.53. The largest absolute Gasteiger partial charge is 0.352 e. The Balaban J connectivity index is 1.93. The molecular formula is C17H16FN3. The fourth-order valence-electron chi connectivity index (χ4n) is 2.71. The summed E-state index contributed by atoms with van der Waals surface area (Å²) in [6.45, 7) is 0. The molecule has 1 unspecified atom stereocenters. The molecule has 0 bridgehead atoms. The van der Waals surface area contributed by atoms with Gasteiger partial charge in [-0.25, -0.2) is 9.37 Å². The number of pyridine rings is 1. The molecule has 1 atom stereocenters. The molecule has 2 aromatic rings. The van der Waals surface area contributed by atoms with Crippen molar-refractivity contribution < 1.29 is 4.39 Å². The molecule has 1 aliphatic carbocycles. The maximum absolute atomic E-state index is 13.1. The Labute approximate surface area is 123 Å². The topological polar surface area (TPSA) is 39.9 Å². The standard InChI is InChI=1S/C17H16FN3/c1-21(16-4-2-3-15(11-19)20-16)17(12-5-6-12)13-7-9-14(18)10-8-13/h2-4,7-10,12,17H,5-6H2,1H3. The molecule has 1 aromatic carbocycles. The van der Waals surface area contributed by atoms with Crippen molar-refractivity contribution >= 4 is 5.82 Å². The van der Waals surface area contributed by atoms with Gasteiger partial charge >= 0.3 is 0 Å². The van der Waals surface area contributed by atoms with Crippen molar-refractivity contribution in [3.63, 3.8) is 0 Å². The van der Waals surface area contributed by atoms with E-state index >= 15 is 0 Å². The van der Waals surface area contributed by atoms with Gasteiger partial charge < -0.3 is 4.90 Å². The molecule has 1 aliphatic rings. The zero-order valence-electron chi connectivity index (χ0n) is 11.8. The number of hydrogen-bond acceptors (Lipinski definition) is 3. The van der Waals surface area contributed by atoms with Crippen molar-refractivity contribution in [3.8, 4) is 6.07 Å². The highest BCUT2D eigenvalue weighted by Crippen LogP contribution is 2.45. The van der Waals surface area contributed by atoms with Crippen LogP contribution in [0.1, 0.15) is 30.1 Å². The summed E-state index contributed by atoms with van der Waals surface area (Å²) in [5.41, 5.74) is 1.50. The monoisotopic (exact) mass is 281 g/mol. The number of benzene rings is 1. The second-order valence-corrected chi connectivity index (χ2v) is 5.44. The summed E-state index contributed by atoms with van der Waals surface area (Å²) in [6.07, 6.45) is 2.34. The first kappa shape index (κ1) is 13.6. The summed E-state index contributed by atoms with van der Waals surface area (Å²) in [5, 5.41) is 8.98. The Kier molecular flexibility index (Phi) is 3.57. The number of aromatic nitrogens is 1. The zero-order valence-corrected chi connectivity index (χ0v) is 11.8. The van der Waals surface area contributed by atoms with Gasteiger partial charge in [0.2, 0.25) is 0 Å². The van der Waals surface area contributed by atoms with E-state index in [-0.39, 0.29) is 11.9 Å². The smallest absolute Gasteiger partial charge is 0.142 e. The number of hydrogen-bond donors (Lipinski definition) is 0. The summed E-state index contributed by atoms with van der Waals surface area (Å²) in [4.78, 5) is 6.45. The van der Waals surface area contributed by atoms with E-state index in [9.17, 15) is 4.39 Å². The number of rotatable bonds is 4. The highest BCUT2D eigenvalue weighted by Gasteiger charge is 2.35. The van der Waals surface area contributed by atoms with Gasteiger partial charge in [-0.05, 0) is 48.6 Å². The van der Waals surface area contributed by atoms with E-state index in [1.807, 2.05) is 31.3 Å². The fraction of sp³-hybridized carbons (Fsp3) is 0.294. The highest BCUT2D eigenvalue weighted by atomic mass is 19.1. The molecule has 1 heterocycles. The molecule has 1 saturated carbocycles. The van der Waals surface area contributed by atoms with Crippen LogP contribution < -0.4 is 4.90 Å². The second-order valence-electron chi connectivity index (χ2n) is 5.44. The average molecular weight is 281 g/mol. The first-order valence-electron chi connectivity index (χ1n) is 7.04. The van der Waals surface area contributed by atoms with E-state index in [2.05, 4.69) is 16.0 Å². The van der Waals surface area contributed by atoms with Gasteiger partial charge in [0.05, 0.1) is 6.04 Å². The van der Waals surface area contributed by atoms with Crippen LogP contribution in [0.25, 0.3) is 0 Å². The molecule has 1 fully saturated rings. The van der Waals surface area contributed by atoms with Gasteiger partial charge in [0.15, 0.2) is 0 Å². The SMILES string of the molecule is CN(c1cccc(C#N)n1)C(c1ccc(F)cc1)C1CC1. The number of anilines is 1. The normalized spacial score (nSPS) is 15.3. The number of halogens is 1. The fourth-order valence-corrected chi connectivity index (χ4v) is 2.71. The molecule has 21 heavy (non-hydrogen) atoms. The van der Waals surface area contributed by atoms with Crippen LogP contribution in [0.5, 0.6) is 0 Å². The predicted octanol–water partition coefficient (Wildman–Crippen LogP) is 3.68. The number of nitriles is 1. The summed E-state index contributed by atoms with van der Waals surface area (Å²) in [7, 11) is 1.98. The van der Waals surface area contributed by atoms with Crippen LogP contribution in [0.15, 0.2) is 42.5 Å². The molecule has 106 valence electrons. The first-order valence-corrected chi connectivity index (χ1v) is 7.04. The Morgan fingerprint density at radius 3 is 2.57 bits per heavy atom. The average Bonchev–Trinajstić information content (AvgIpc) is 3.34. The first-order chi connectivity index (χ1) is 10.2. The van der Waals surface area contributed by atoms with Gasteiger partial charge in [-0.2, -0.15) is 5.26 Å². The van der Waals surface area contributed by atoms with Crippen molar-refractivity contribution in [1.29, 1.82) is 5.26 Å².